The van der Waals surface area contributed by atoms with Crippen LogP contribution in [0.2, 0.25) is 0 Å². The van der Waals surface area contributed by atoms with Crippen LogP contribution in [-0.4, -0.2) is 26.8 Å². The molecule has 3 aromatic carbocycles. The van der Waals surface area contributed by atoms with Crippen molar-refractivity contribution in [2.24, 2.45) is 0 Å². The quantitative estimate of drug-likeness (QED) is 0.224. The fraction of sp³-hybridized carbons (Fsp3) is 0.115. The molecule has 1 N–H and O–H groups in total. The molecule has 0 atom stereocenters. The molecule has 0 saturated heterocycles. The van der Waals surface area contributed by atoms with Crippen molar-refractivity contribution in [2.45, 2.75) is 12.3 Å². The maximum Gasteiger partial charge on any atom is 0.229 e. The second-order valence-electron chi connectivity index (χ2n) is 7.37. The van der Waals surface area contributed by atoms with Crippen LogP contribution in [0.5, 0.6) is 5.88 Å². The minimum atomic E-state index is -0.736. The van der Waals surface area contributed by atoms with Crippen molar-refractivity contribution in [3.05, 3.63) is 117 Å². The molecule has 0 radical (unpaired) electrons. The first kappa shape index (κ1) is 20.6. The average Bonchev–Trinajstić information content (AvgIpc) is 3.23. The Bertz CT molecular complexity index is 1240. The Morgan fingerprint density at radius 2 is 1.28 bits per heavy atom. The highest BCUT2D eigenvalue weighted by Crippen LogP contribution is 2.44. The van der Waals surface area contributed by atoms with Gasteiger partial charge in [-0.15, -0.1) is 0 Å². The third kappa shape index (κ3) is 3.35. The first-order chi connectivity index (χ1) is 15.7. The topological polar surface area (TPSA) is 63.7 Å². The number of H-pyrrole nitrogens is 1. The van der Waals surface area contributed by atoms with Crippen LogP contribution in [0.25, 0.3) is 11.0 Å². The van der Waals surface area contributed by atoms with Gasteiger partial charge in [0, 0.05) is 0 Å². The fourth-order valence-electron chi connectivity index (χ4n) is 4.23. The summed E-state index contributed by atoms with van der Waals surface area (Å²) >= 11 is 2.18. The predicted octanol–water partition coefficient (Wildman–Crippen LogP) is 5.74. The van der Waals surface area contributed by atoms with E-state index in [4.69, 9.17) is 14.7 Å². The molecule has 6 heteroatoms. The van der Waals surface area contributed by atoms with Crippen molar-refractivity contribution in [2.75, 3.05) is 6.61 Å². The molecule has 0 spiro atoms. The van der Waals surface area contributed by atoms with Crippen LogP contribution in [0.4, 0.5) is 0 Å². The lowest BCUT2D eigenvalue weighted by molar-refractivity contribution is 0.328. The Hall–Kier alpha value is -3.26. The van der Waals surface area contributed by atoms with Crippen molar-refractivity contribution >= 4 is 33.6 Å². The van der Waals surface area contributed by atoms with Gasteiger partial charge in [-0.2, -0.15) is 10.1 Å². The van der Waals surface area contributed by atoms with Crippen molar-refractivity contribution in [3.8, 4) is 5.88 Å². The van der Waals surface area contributed by atoms with E-state index in [2.05, 4.69) is 106 Å². The molecule has 158 valence electrons. The molecule has 0 bridgehead atoms. The van der Waals surface area contributed by atoms with E-state index in [9.17, 15) is 0 Å². The molecule has 0 fully saturated rings. The van der Waals surface area contributed by atoms with Crippen molar-refractivity contribution in [1.82, 2.24) is 20.2 Å². The number of benzene rings is 3. The van der Waals surface area contributed by atoms with Crippen LogP contribution < -0.4 is 4.74 Å². The highest BCUT2D eigenvalue weighted by atomic mass is 127. The highest BCUT2D eigenvalue weighted by Gasteiger charge is 2.42. The predicted molar refractivity (Wildman–Crippen MR) is 134 cm³/mol. The van der Waals surface area contributed by atoms with Crippen LogP contribution in [-0.2, 0) is 5.41 Å². The normalized spacial score (nSPS) is 11.6. The molecular weight excluding hydrogens is 511 g/mol. The SMILES string of the molecule is CCOc1nc(C(c2ccccc2)(c2ccccc2)c2ccccc2)nc2[nH]nc(I)c12. The minimum absolute atomic E-state index is 0.502. The molecule has 32 heavy (non-hydrogen) atoms. The zero-order chi connectivity index (χ0) is 22.0. The minimum Gasteiger partial charge on any atom is -0.477 e. The summed E-state index contributed by atoms with van der Waals surface area (Å²) in [5, 5.41) is 8.23. The van der Waals surface area contributed by atoms with Gasteiger partial charge in [-0.05, 0) is 46.2 Å². The highest BCUT2D eigenvalue weighted by molar-refractivity contribution is 14.1. The maximum absolute atomic E-state index is 5.99. The second-order valence-corrected chi connectivity index (χ2v) is 8.39. The number of fused-ring (bicyclic) bond motifs is 1. The molecule has 0 aliphatic carbocycles. The molecular formula is C26H21IN4O. The Morgan fingerprint density at radius 1 is 0.781 bits per heavy atom. The number of aromatic nitrogens is 4. The van der Waals surface area contributed by atoms with E-state index in [1.807, 2.05) is 25.1 Å². The summed E-state index contributed by atoms with van der Waals surface area (Å²) in [4.78, 5) is 10.1. The summed E-state index contributed by atoms with van der Waals surface area (Å²) in [5.74, 6) is 1.18. The van der Waals surface area contributed by atoms with E-state index >= 15 is 0 Å². The van der Waals surface area contributed by atoms with Crippen molar-refractivity contribution < 1.29 is 4.74 Å². The molecule has 0 aliphatic heterocycles. The third-order valence-electron chi connectivity index (χ3n) is 5.58. The first-order valence-electron chi connectivity index (χ1n) is 10.5. The van der Waals surface area contributed by atoms with Gasteiger partial charge >= 0.3 is 0 Å². The Balaban J connectivity index is 1.93. The zero-order valence-electron chi connectivity index (χ0n) is 17.5. The number of halogens is 1. The molecule has 5 rings (SSSR count). The van der Waals surface area contributed by atoms with Crippen LogP contribution >= 0.6 is 22.6 Å². The molecule has 0 unspecified atom stereocenters. The van der Waals surface area contributed by atoms with Crippen LogP contribution in [0.3, 0.4) is 0 Å². The molecule has 5 nitrogen and oxygen atoms in total. The van der Waals surface area contributed by atoms with Gasteiger partial charge in [0.1, 0.15) is 14.5 Å². The van der Waals surface area contributed by atoms with Gasteiger partial charge in [0.15, 0.2) is 11.5 Å². The fourth-order valence-corrected chi connectivity index (χ4v) is 4.83. The van der Waals surface area contributed by atoms with E-state index in [-0.39, 0.29) is 0 Å². The Labute approximate surface area is 200 Å². The van der Waals surface area contributed by atoms with Gasteiger partial charge in [0.25, 0.3) is 0 Å². The molecule has 0 amide bonds. The summed E-state index contributed by atoms with van der Waals surface area (Å²) in [6.07, 6.45) is 0. The molecule has 2 heterocycles. The molecule has 5 aromatic rings. The van der Waals surface area contributed by atoms with E-state index in [1.165, 1.54) is 0 Å². The van der Waals surface area contributed by atoms with Gasteiger partial charge in [0.2, 0.25) is 5.88 Å². The number of hydrogen-bond donors (Lipinski definition) is 1. The largest absolute Gasteiger partial charge is 0.477 e. The molecule has 0 saturated carbocycles. The monoisotopic (exact) mass is 532 g/mol. The lowest BCUT2D eigenvalue weighted by Gasteiger charge is -2.34. The summed E-state index contributed by atoms with van der Waals surface area (Å²) in [6, 6.07) is 31.2. The molecule has 0 aliphatic rings. The lowest BCUT2D eigenvalue weighted by atomic mass is 9.68. The Morgan fingerprint density at radius 3 is 1.75 bits per heavy atom. The number of aromatic amines is 1. The number of nitrogens with one attached hydrogen (secondary N) is 1. The van der Waals surface area contributed by atoms with Gasteiger partial charge < -0.3 is 4.74 Å². The number of nitrogens with zero attached hydrogens (tertiary/aromatic N) is 3. The van der Waals surface area contributed by atoms with Crippen molar-refractivity contribution in [3.63, 3.8) is 0 Å². The number of ether oxygens (including phenoxy) is 1. The smallest absolute Gasteiger partial charge is 0.229 e. The van der Waals surface area contributed by atoms with E-state index in [0.717, 1.165) is 25.8 Å². The van der Waals surface area contributed by atoms with Crippen LogP contribution in [0, 0.1) is 3.70 Å². The third-order valence-corrected chi connectivity index (χ3v) is 6.36. The number of rotatable bonds is 6. The van der Waals surface area contributed by atoms with Gasteiger partial charge in [-0.1, -0.05) is 91.0 Å². The second kappa shape index (κ2) is 8.70. The maximum atomic E-state index is 5.99. The molecule has 2 aromatic heterocycles. The van der Waals surface area contributed by atoms with Gasteiger partial charge in [0.05, 0.1) is 6.61 Å². The zero-order valence-corrected chi connectivity index (χ0v) is 19.7. The van der Waals surface area contributed by atoms with E-state index < -0.39 is 5.41 Å². The van der Waals surface area contributed by atoms with Crippen LogP contribution in [0.1, 0.15) is 29.4 Å². The summed E-state index contributed by atoms with van der Waals surface area (Å²) in [7, 11) is 0. The van der Waals surface area contributed by atoms with Crippen molar-refractivity contribution in [1.29, 1.82) is 0 Å². The Kier molecular flexibility index (Phi) is 5.61. The lowest BCUT2D eigenvalue weighted by Crippen LogP contribution is -2.33. The summed E-state index contributed by atoms with van der Waals surface area (Å²) in [6.45, 7) is 2.46. The average molecular weight is 532 g/mol. The van der Waals surface area contributed by atoms with Gasteiger partial charge in [-0.25, -0.2) is 4.98 Å². The first-order valence-corrected chi connectivity index (χ1v) is 11.5. The van der Waals surface area contributed by atoms with E-state index in [0.29, 0.717) is 24.0 Å². The van der Waals surface area contributed by atoms with Gasteiger partial charge in [-0.3, -0.25) is 5.10 Å². The standard InChI is InChI=1S/C26H21IN4O/c1-2-32-24-21-22(27)30-31-23(21)28-25(29-24)26(18-12-6-3-7-13-18,19-14-8-4-9-15-19)20-16-10-5-11-17-20/h3-17H,2H2,1H3,(H,28,29,30,31). The number of hydrogen-bond acceptors (Lipinski definition) is 4. The van der Waals surface area contributed by atoms with Crippen LogP contribution in [0.15, 0.2) is 91.0 Å². The summed E-state index contributed by atoms with van der Waals surface area (Å²) < 4.78 is 6.78. The summed E-state index contributed by atoms with van der Waals surface area (Å²) in [5.41, 5.74) is 3.16. The van der Waals surface area contributed by atoms with E-state index in [1.54, 1.807) is 0 Å².